The van der Waals surface area contributed by atoms with Crippen LogP contribution in [0.1, 0.15) is 90.4 Å². The van der Waals surface area contributed by atoms with Gasteiger partial charge in [-0.1, -0.05) is 51.9 Å². The number of carbonyl (C=O) groups excluding carboxylic acids is 1. The SMILES string of the molecule is CCCCCCCC=C=CCCCCCCCC(=O)OCC(O)COP(=O)(O)OCC[NH3+]. The summed E-state index contributed by atoms with van der Waals surface area (Å²) in [7, 11) is -4.20. The molecule has 0 aliphatic rings. The average molecular weight is 479 g/mol. The number of quaternary nitrogens is 1. The van der Waals surface area contributed by atoms with Crippen molar-refractivity contribution in [2.24, 2.45) is 0 Å². The number of ether oxygens (including phenoxy) is 1. The predicted molar refractivity (Wildman–Crippen MR) is 125 cm³/mol. The maximum atomic E-state index is 11.7. The molecule has 0 aromatic carbocycles. The van der Waals surface area contributed by atoms with E-state index in [1.807, 2.05) is 0 Å². The molecule has 0 saturated heterocycles. The summed E-state index contributed by atoms with van der Waals surface area (Å²) in [6.45, 7) is 1.79. The Morgan fingerprint density at radius 1 is 0.969 bits per heavy atom. The van der Waals surface area contributed by atoms with Crippen LogP contribution in [-0.4, -0.2) is 48.4 Å². The molecule has 0 heterocycles. The molecule has 0 saturated carbocycles. The molecule has 9 heteroatoms. The molecular weight excluding hydrogens is 433 g/mol. The summed E-state index contributed by atoms with van der Waals surface area (Å²) in [5.41, 5.74) is 6.74. The van der Waals surface area contributed by atoms with Crippen LogP contribution in [0.25, 0.3) is 0 Å². The number of carbonyl (C=O) groups is 1. The first kappa shape index (κ1) is 31.0. The molecule has 0 aromatic heterocycles. The Morgan fingerprint density at radius 3 is 2.19 bits per heavy atom. The lowest BCUT2D eigenvalue weighted by Crippen LogP contribution is -2.52. The van der Waals surface area contributed by atoms with Gasteiger partial charge in [0.05, 0.1) is 13.2 Å². The number of phosphoric ester groups is 1. The van der Waals surface area contributed by atoms with Gasteiger partial charge >= 0.3 is 13.8 Å². The normalized spacial score (nSPS) is 13.8. The molecule has 188 valence electrons. The highest BCUT2D eigenvalue weighted by Crippen LogP contribution is 2.42. The van der Waals surface area contributed by atoms with Gasteiger partial charge in [0.1, 0.15) is 19.3 Å². The third-order valence-electron chi connectivity index (χ3n) is 4.68. The average Bonchev–Trinajstić information content (AvgIpc) is 2.77. The van der Waals surface area contributed by atoms with Crippen LogP contribution in [-0.2, 0) is 23.1 Å². The summed E-state index contributed by atoms with van der Waals surface area (Å²) in [5.74, 6) is -0.396. The van der Waals surface area contributed by atoms with E-state index in [4.69, 9.17) is 4.74 Å². The molecule has 0 amide bonds. The Morgan fingerprint density at radius 2 is 1.56 bits per heavy atom. The molecule has 0 spiro atoms. The van der Waals surface area contributed by atoms with E-state index in [2.05, 4.69) is 39.6 Å². The highest BCUT2D eigenvalue weighted by atomic mass is 31.2. The summed E-state index contributed by atoms with van der Waals surface area (Å²) in [5, 5.41) is 9.68. The van der Waals surface area contributed by atoms with Crippen molar-refractivity contribution in [3.8, 4) is 0 Å². The summed E-state index contributed by atoms with van der Waals surface area (Å²) in [6, 6.07) is 0. The molecule has 8 nitrogen and oxygen atoms in total. The number of rotatable bonds is 22. The van der Waals surface area contributed by atoms with Gasteiger partial charge in [0.15, 0.2) is 0 Å². The van der Waals surface area contributed by atoms with Gasteiger partial charge in [0.25, 0.3) is 0 Å². The number of aliphatic hydroxyl groups is 1. The minimum atomic E-state index is -4.20. The van der Waals surface area contributed by atoms with Crippen molar-refractivity contribution in [1.82, 2.24) is 0 Å². The molecule has 0 aromatic rings. The molecule has 0 radical (unpaired) electrons. The number of allylic oxidation sites excluding steroid dienone is 1. The zero-order valence-corrected chi connectivity index (χ0v) is 20.7. The van der Waals surface area contributed by atoms with Crippen LogP contribution in [0.15, 0.2) is 17.9 Å². The van der Waals surface area contributed by atoms with E-state index in [0.29, 0.717) is 13.0 Å². The Hall–Kier alpha value is -0.980. The number of esters is 1. The molecule has 0 fully saturated rings. The van der Waals surface area contributed by atoms with Gasteiger partial charge in [-0.15, -0.1) is 5.73 Å². The minimum Gasteiger partial charge on any atom is -0.463 e. The van der Waals surface area contributed by atoms with Gasteiger partial charge in [-0.25, -0.2) is 4.57 Å². The van der Waals surface area contributed by atoms with E-state index < -0.39 is 26.5 Å². The number of unbranched alkanes of at least 4 members (excludes halogenated alkanes) is 10. The second-order valence-electron chi connectivity index (χ2n) is 7.87. The van der Waals surface area contributed by atoms with E-state index in [1.165, 1.54) is 32.1 Å². The van der Waals surface area contributed by atoms with Crippen LogP contribution in [0.4, 0.5) is 0 Å². The van der Waals surface area contributed by atoms with Crippen LogP contribution in [0.2, 0.25) is 0 Å². The molecule has 5 N–H and O–H groups in total. The van der Waals surface area contributed by atoms with Gasteiger partial charge in [-0.05, 0) is 44.3 Å². The van der Waals surface area contributed by atoms with Crippen molar-refractivity contribution in [1.29, 1.82) is 0 Å². The van der Waals surface area contributed by atoms with E-state index >= 15 is 0 Å². The number of hydrogen-bond acceptors (Lipinski definition) is 6. The molecule has 0 aliphatic carbocycles. The summed E-state index contributed by atoms with van der Waals surface area (Å²) >= 11 is 0. The predicted octanol–water partition coefficient (Wildman–Crippen LogP) is 4.07. The smallest absolute Gasteiger partial charge is 0.463 e. The first-order valence-corrected chi connectivity index (χ1v) is 13.5. The van der Waals surface area contributed by atoms with Crippen LogP contribution in [0, 0.1) is 0 Å². The number of phosphoric acid groups is 1. The summed E-state index contributed by atoms with van der Waals surface area (Å²) in [6.07, 6.45) is 17.0. The number of aliphatic hydroxyl groups excluding tert-OH is 1. The second kappa shape index (κ2) is 21.8. The maximum absolute atomic E-state index is 11.7. The zero-order valence-electron chi connectivity index (χ0n) is 19.8. The first-order chi connectivity index (χ1) is 15.4. The van der Waals surface area contributed by atoms with Crippen LogP contribution in [0.3, 0.4) is 0 Å². The largest absolute Gasteiger partial charge is 0.472 e. The maximum Gasteiger partial charge on any atom is 0.472 e. The van der Waals surface area contributed by atoms with Crippen molar-refractivity contribution in [3.05, 3.63) is 17.9 Å². The third kappa shape index (κ3) is 22.2. The molecule has 2 atom stereocenters. The summed E-state index contributed by atoms with van der Waals surface area (Å²) < 4.78 is 25.6. The molecule has 0 aliphatic heterocycles. The lowest BCUT2D eigenvalue weighted by atomic mass is 10.1. The van der Waals surface area contributed by atoms with Crippen LogP contribution in [0.5, 0.6) is 0 Å². The Labute approximate surface area is 193 Å². The topological polar surface area (TPSA) is 130 Å². The van der Waals surface area contributed by atoms with Crippen molar-refractivity contribution in [3.63, 3.8) is 0 Å². The van der Waals surface area contributed by atoms with Gasteiger partial charge in [-0.2, -0.15) is 0 Å². The standard InChI is InChI=1S/C23H44NO7P/c1-2-3-4-5-6-7-8-9-10-11-12-13-14-15-16-17-23(26)29-20-22(25)21-31-32(27,28)30-19-18-24/h8,10,22,25H,2-7,11-21,24H2,1H3,(H,27,28)/p+1. The fourth-order valence-corrected chi connectivity index (χ4v) is 3.65. The lowest BCUT2D eigenvalue weighted by Gasteiger charge is -2.14. The Bertz CT molecular complexity index is 565. The quantitative estimate of drug-likeness (QED) is 0.0925. The monoisotopic (exact) mass is 478 g/mol. The zero-order chi connectivity index (χ0) is 23.9. The molecule has 2 unspecified atom stereocenters. The molecular formula is C23H45NO7P+. The fraction of sp³-hybridized carbons (Fsp3) is 0.826. The molecule has 32 heavy (non-hydrogen) atoms. The van der Waals surface area contributed by atoms with Crippen LogP contribution < -0.4 is 5.73 Å². The Balaban J connectivity index is 3.56. The van der Waals surface area contributed by atoms with E-state index in [-0.39, 0.29) is 13.2 Å². The fourth-order valence-electron chi connectivity index (χ4n) is 2.85. The number of hydrogen-bond donors (Lipinski definition) is 3. The van der Waals surface area contributed by atoms with E-state index in [1.54, 1.807) is 0 Å². The second-order valence-corrected chi connectivity index (χ2v) is 9.33. The van der Waals surface area contributed by atoms with Crippen molar-refractivity contribution in [2.75, 3.05) is 26.4 Å². The van der Waals surface area contributed by atoms with Crippen molar-refractivity contribution in [2.45, 2.75) is 96.5 Å². The Kier molecular flexibility index (Phi) is 21.2. The minimum absolute atomic E-state index is 0.0220. The molecule has 0 rings (SSSR count). The van der Waals surface area contributed by atoms with Gasteiger partial charge in [-0.3, -0.25) is 13.8 Å². The van der Waals surface area contributed by atoms with Crippen molar-refractivity contribution >= 4 is 13.8 Å². The summed E-state index contributed by atoms with van der Waals surface area (Å²) in [4.78, 5) is 21.0. The van der Waals surface area contributed by atoms with Gasteiger partial charge < -0.3 is 20.5 Å². The first-order valence-electron chi connectivity index (χ1n) is 12.1. The van der Waals surface area contributed by atoms with Gasteiger partial charge in [0, 0.05) is 6.42 Å². The molecule has 0 bridgehead atoms. The van der Waals surface area contributed by atoms with Gasteiger partial charge in [0.2, 0.25) is 0 Å². The van der Waals surface area contributed by atoms with Crippen molar-refractivity contribution < 1.29 is 38.9 Å². The lowest BCUT2D eigenvalue weighted by molar-refractivity contribution is -0.371. The van der Waals surface area contributed by atoms with E-state index in [0.717, 1.165) is 44.9 Å². The highest BCUT2D eigenvalue weighted by Gasteiger charge is 2.23. The third-order valence-corrected chi connectivity index (χ3v) is 5.67. The van der Waals surface area contributed by atoms with Crippen LogP contribution >= 0.6 is 7.82 Å². The van der Waals surface area contributed by atoms with E-state index in [9.17, 15) is 19.4 Å². The highest BCUT2D eigenvalue weighted by molar-refractivity contribution is 7.47.